The van der Waals surface area contributed by atoms with Gasteiger partial charge in [0.15, 0.2) is 0 Å². The maximum atomic E-state index is 14.8. The number of allylic oxidation sites excluding steroid dienone is 1. The van der Waals surface area contributed by atoms with Crippen molar-refractivity contribution in [2.75, 3.05) is 19.7 Å². The molecule has 10 nitrogen and oxygen atoms in total. The smallest absolute Gasteiger partial charge is 0.313 e. The summed E-state index contributed by atoms with van der Waals surface area (Å²) >= 11 is 0. The number of esters is 1. The molecule has 10 heteroatoms. The summed E-state index contributed by atoms with van der Waals surface area (Å²) < 4.78 is 12.9. The molecule has 49 heavy (non-hydrogen) atoms. The minimum Gasteiger partial charge on any atom is -0.455 e. The number of carbonyl (C=O) groups is 4. The molecule has 3 aliphatic heterocycles. The first-order chi connectivity index (χ1) is 23.7. The molecule has 2 bridgehead atoms. The van der Waals surface area contributed by atoms with Crippen LogP contribution in [0.15, 0.2) is 86.0 Å². The molecule has 5 rings (SSSR count). The normalized spacial score (nSPS) is 25.6. The van der Waals surface area contributed by atoms with E-state index in [1.165, 1.54) is 4.90 Å². The summed E-state index contributed by atoms with van der Waals surface area (Å²) in [6, 6.07) is 15.8. The first-order valence-electron chi connectivity index (χ1n) is 17.4. The number of ether oxygens (including phenoxy) is 2. The van der Waals surface area contributed by atoms with E-state index in [1.54, 1.807) is 24.0 Å². The Morgan fingerprint density at radius 2 is 1.78 bits per heavy atom. The quantitative estimate of drug-likeness (QED) is 0.185. The molecule has 3 heterocycles. The molecule has 0 radical (unpaired) electrons. The Labute approximate surface area is 289 Å². The van der Waals surface area contributed by atoms with Crippen LogP contribution in [0.4, 0.5) is 0 Å². The second-order valence-corrected chi connectivity index (χ2v) is 13.3. The van der Waals surface area contributed by atoms with E-state index in [1.807, 2.05) is 67.6 Å². The number of fused-ring (bicyclic) bond motifs is 1. The number of hydrogen-bond acceptors (Lipinski definition) is 7. The number of unbranched alkanes of at least 4 members (excludes halogenated alkanes) is 1. The number of nitrogens with zero attached hydrogens (tertiary/aromatic N) is 2. The van der Waals surface area contributed by atoms with Crippen LogP contribution in [0.25, 0.3) is 0 Å². The van der Waals surface area contributed by atoms with Crippen molar-refractivity contribution >= 4 is 23.7 Å². The minimum absolute atomic E-state index is 0.197. The van der Waals surface area contributed by atoms with E-state index in [2.05, 4.69) is 18.5 Å². The van der Waals surface area contributed by atoms with E-state index < -0.39 is 66.3 Å². The predicted octanol–water partition coefficient (Wildman–Crippen LogP) is 4.66. The molecule has 2 aromatic rings. The van der Waals surface area contributed by atoms with E-state index in [9.17, 15) is 24.3 Å². The van der Waals surface area contributed by atoms with Crippen LogP contribution in [-0.4, -0.2) is 82.1 Å². The number of aliphatic hydroxyl groups is 1. The van der Waals surface area contributed by atoms with Crippen molar-refractivity contribution in [1.82, 2.24) is 15.1 Å². The molecule has 8 atom stereocenters. The van der Waals surface area contributed by atoms with Gasteiger partial charge in [-0.3, -0.25) is 19.2 Å². The summed E-state index contributed by atoms with van der Waals surface area (Å²) in [5.41, 5.74) is 0.0949. The Kier molecular flexibility index (Phi) is 11.7. The lowest BCUT2D eigenvalue weighted by Gasteiger charge is -2.39. The van der Waals surface area contributed by atoms with Gasteiger partial charge < -0.3 is 29.7 Å². The van der Waals surface area contributed by atoms with E-state index >= 15 is 0 Å². The number of likely N-dealkylation sites (tertiary alicyclic amines) is 1. The van der Waals surface area contributed by atoms with Crippen molar-refractivity contribution in [1.29, 1.82) is 0 Å². The number of nitrogens with one attached hydrogen (secondary N) is 1. The van der Waals surface area contributed by atoms with E-state index in [-0.39, 0.29) is 24.8 Å². The van der Waals surface area contributed by atoms with Gasteiger partial charge in [-0.2, -0.15) is 0 Å². The van der Waals surface area contributed by atoms with Gasteiger partial charge in [-0.05, 0) is 43.7 Å². The molecule has 0 aliphatic carbocycles. The predicted molar refractivity (Wildman–Crippen MR) is 185 cm³/mol. The average Bonchev–Trinajstić information content (AvgIpc) is 3.76. The fourth-order valence-corrected chi connectivity index (χ4v) is 7.91. The van der Waals surface area contributed by atoms with Crippen LogP contribution in [0.5, 0.6) is 0 Å². The fraction of sp³-hybridized carbons (Fsp3) is 0.487. The van der Waals surface area contributed by atoms with Crippen molar-refractivity contribution in [2.24, 2.45) is 11.8 Å². The minimum atomic E-state index is -1.27. The molecule has 2 N–H and O–H groups in total. The number of amides is 3. The second kappa shape index (κ2) is 16.0. The standard InChI is InChI=1S/C39H49N3O7/c1-5-8-20-31(44)40-26(4)34(28-18-14-11-15-19-28)48-38(47)32-30-21-22-39(49-30)33(32)36(45)42(29(25-43)27-16-12-10-13-17-27)35(39)37(46)41(23-7-3)24-9-6-2/h5,7,10-19,26,29-30,32-35,43H,1,3,6,8-9,20-25H2,2,4H3,(H,40,44)/t26-,29+,30-,32+,33+,34-,35-,39+/m0/s1. The highest BCUT2D eigenvalue weighted by molar-refractivity contribution is 5.98. The lowest BCUT2D eigenvalue weighted by atomic mass is 9.70. The molecule has 1 spiro atoms. The summed E-state index contributed by atoms with van der Waals surface area (Å²) in [5, 5.41) is 13.7. The summed E-state index contributed by atoms with van der Waals surface area (Å²) in [4.78, 5) is 59.6. The monoisotopic (exact) mass is 671 g/mol. The first-order valence-corrected chi connectivity index (χ1v) is 17.4. The Balaban J connectivity index is 1.51. The Morgan fingerprint density at radius 1 is 1.10 bits per heavy atom. The Bertz CT molecular complexity index is 1500. The highest BCUT2D eigenvalue weighted by atomic mass is 16.6. The third kappa shape index (κ3) is 7.07. The van der Waals surface area contributed by atoms with Gasteiger partial charge in [-0.25, -0.2) is 0 Å². The zero-order valence-corrected chi connectivity index (χ0v) is 28.5. The highest BCUT2D eigenvalue weighted by Crippen LogP contribution is 2.60. The van der Waals surface area contributed by atoms with Crippen molar-refractivity contribution in [3.05, 3.63) is 97.1 Å². The van der Waals surface area contributed by atoms with Gasteiger partial charge in [0.05, 0.1) is 36.6 Å². The molecule has 3 aliphatic rings. The third-order valence-corrected chi connectivity index (χ3v) is 10.2. The lowest BCUT2D eigenvalue weighted by Crippen LogP contribution is -2.57. The highest BCUT2D eigenvalue weighted by Gasteiger charge is 2.75. The largest absolute Gasteiger partial charge is 0.455 e. The van der Waals surface area contributed by atoms with Crippen LogP contribution in [0.2, 0.25) is 0 Å². The second-order valence-electron chi connectivity index (χ2n) is 13.3. The van der Waals surface area contributed by atoms with Gasteiger partial charge in [-0.15, -0.1) is 13.2 Å². The Hall–Kier alpha value is -4.28. The maximum absolute atomic E-state index is 14.8. The number of rotatable bonds is 17. The fourth-order valence-electron chi connectivity index (χ4n) is 7.91. The summed E-state index contributed by atoms with van der Waals surface area (Å²) in [6.07, 6.45) is 5.14. The van der Waals surface area contributed by atoms with Crippen LogP contribution in [-0.2, 0) is 28.7 Å². The van der Waals surface area contributed by atoms with Crippen LogP contribution >= 0.6 is 0 Å². The molecule has 262 valence electrons. The molecule has 2 aromatic carbocycles. The molecule has 0 aromatic heterocycles. The Morgan fingerprint density at radius 3 is 2.39 bits per heavy atom. The van der Waals surface area contributed by atoms with Gasteiger partial charge in [0.1, 0.15) is 17.7 Å². The van der Waals surface area contributed by atoms with Gasteiger partial charge in [0.25, 0.3) is 0 Å². The molecule has 3 amide bonds. The van der Waals surface area contributed by atoms with E-state index in [0.29, 0.717) is 36.9 Å². The molecular weight excluding hydrogens is 622 g/mol. The van der Waals surface area contributed by atoms with Gasteiger partial charge in [0.2, 0.25) is 17.7 Å². The number of benzene rings is 2. The average molecular weight is 672 g/mol. The number of carbonyl (C=O) groups excluding carboxylic acids is 4. The molecule has 0 saturated carbocycles. The third-order valence-electron chi connectivity index (χ3n) is 10.2. The molecule has 3 saturated heterocycles. The number of aliphatic hydroxyl groups excluding tert-OH is 1. The van der Waals surface area contributed by atoms with Gasteiger partial charge >= 0.3 is 5.97 Å². The van der Waals surface area contributed by atoms with Crippen molar-refractivity contribution in [3.63, 3.8) is 0 Å². The topological polar surface area (TPSA) is 125 Å². The molecule has 0 unspecified atom stereocenters. The van der Waals surface area contributed by atoms with Crippen molar-refractivity contribution < 1.29 is 33.8 Å². The molecular formula is C39H49N3O7. The SMILES string of the molecule is C=CCCC(=O)N[C@@H](C)[C@H](OC(=O)[C@@H]1[C@@H]2CC[C@]3(O2)[C@H](C(=O)N(CC=C)CCCC)N([C@H](CO)c2ccccc2)C(=O)[C@@H]13)c1ccccc1. The lowest BCUT2D eigenvalue weighted by molar-refractivity contribution is -0.162. The zero-order chi connectivity index (χ0) is 35.1. The number of hydrogen-bond donors (Lipinski definition) is 2. The van der Waals surface area contributed by atoms with Gasteiger partial charge in [-0.1, -0.05) is 86.2 Å². The van der Waals surface area contributed by atoms with Crippen LogP contribution in [0, 0.1) is 11.8 Å². The van der Waals surface area contributed by atoms with Crippen LogP contribution in [0.3, 0.4) is 0 Å². The van der Waals surface area contributed by atoms with Gasteiger partial charge in [0, 0.05) is 19.5 Å². The van der Waals surface area contributed by atoms with E-state index in [0.717, 1.165) is 12.8 Å². The molecule has 3 fully saturated rings. The zero-order valence-electron chi connectivity index (χ0n) is 28.5. The summed E-state index contributed by atoms with van der Waals surface area (Å²) in [6.45, 7) is 11.7. The van der Waals surface area contributed by atoms with Crippen molar-refractivity contribution in [2.45, 2.75) is 88.3 Å². The van der Waals surface area contributed by atoms with E-state index in [4.69, 9.17) is 9.47 Å². The van der Waals surface area contributed by atoms with Crippen LogP contribution in [0.1, 0.15) is 75.6 Å². The van der Waals surface area contributed by atoms with Crippen LogP contribution < -0.4 is 5.32 Å². The maximum Gasteiger partial charge on any atom is 0.313 e. The summed E-state index contributed by atoms with van der Waals surface area (Å²) in [5.74, 6) is -3.48. The first kappa shape index (κ1) is 36.0. The van der Waals surface area contributed by atoms with Crippen molar-refractivity contribution in [3.8, 4) is 0 Å². The summed E-state index contributed by atoms with van der Waals surface area (Å²) in [7, 11) is 0.